The largest absolute Gasteiger partial charge is 0.426 e. The van der Waals surface area contributed by atoms with E-state index in [1.807, 2.05) is 0 Å². The molecule has 0 aliphatic rings. The van der Waals surface area contributed by atoms with Gasteiger partial charge in [-0.25, -0.2) is 4.39 Å². The van der Waals surface area contributed by atoms with Crippen LogP contribution in [0.5, 0.6) is 5.75 Å². The van der Waals surface area contributed by atoms with E-state index >= 15 is 0 Å². The van der Waals surface area contributed by atoms with Gasteiger partial charge in [-0.3, -0.25) is 9.78 Å². The number of nitrogens with zero attached hydrogens (tertiary/aromatic N) is 1. The molecule has 0 amide bonds. The molecule has 17 heavy (non-hydrogen) atoms. The van der Waals surface area contributed by atoms with E-state index in [4.69, 9.17) is 4.74 Å². The molecule has 3 nitrogen and oxygen atoms in total. The van der Waals surface area contributed by atoms with Crippen LogP contribution in [0.3, 0.4) is 0 Å². The first-order valence-electron chi connectivity index (χ1n) is 5.24. The van der Waals surface area contributed by atoms with Gasteiger partial charge in [0.05, 0.1) is 10.9 Å². The fraction of sp³-hybridized carbons (Fsp3) is 0.231. The molecule has 0 unspecified atom stereocenters. The summed E-state index contributed by atoms with van der Waals surface area (Å²) in [5.41, 5.74) is 1.89. The van der Waals surface area contributed by atoms with Crippen molar-refractivity contribution in [1.29, 1.82) is 0 Å². The molecule has 0 atom stereocenters. The number of pyridine rings is 1. The fourth-order valence-corrected chi connectivity index (χ4v) is 1.72. The summed E-state index contributed by atoms with van der Waals surface area (Å²) >= 11 is 0. The summed E-state index contributed by atoms with van der Waals surface area (Å²) in [5, 5.41) is 0.255. The molecule has 88 valence electrons. The van der Waals surface area contributed by atoms with Gasteiger partial charge in [0.1, 0.15) is 11.6 Å². The Bertz CT molecular complexity index is 608. The Morgan fingerprint density at radius 2 is 2.06 bits per heavy atom. The highest BCUT2D eigenvalue weighted by molar-refractivity contribution is 5.89. The van der Waals surface area contributed by atoms with Crippen molar-refractivity contribution in [1.82, 2.24) is 4.98 Å². The third kappa shape index (κ3) is 1.98. The van der Waals surface area contributed by atoms with Crippen molar-refractivity contribution in [3.8, 4) is 5.75 Å². The number of hydrogen-bond donors (Lipinski definition) is 0. The zero-order valence-corrected chi connectivity index (χ0v) is 9.87. The van der Waals surface area contributed by atoms with Crippen LogP contribution in [0.15, 0.2) is 18.2 Å². The second kappa shape index (κ2) is 4.13. The van der Waals surface area contributed by atoms with Gasteiger partial charge < -0.3 is 4.74 Å². The molecule has 0 saturated carbocycles. The molecule has 1 aromatic carbocycles. The topological polar surface area (TPSA) is 39.2 Å². The van der Waals surface area contributed by atoms with Crippen molar-refractivity contribution in [3.05, 3.63) is 35.3 Å². The van der Waals surface area contributed by atoms with Crippen LogP contribution >= 0.6 is 0 Å². The Labute approximate surface area is 98.2 Å². The minimum absolute atomic E-state index is 0.255. The van der Waals surface area contributed by atoms with Gasteiger partial charge in [0.15, 0.2) is 0 Å². The Hall–Kier alpha value is -1.97. The number of carbonyl (C=O) groups is 1. The summed E-state index contributed by atoms with van der Waals surface area (Å²) < 4.78 is 18.9. The first kappa shape index (κ1) is 11.5. The van der Waals surface area contributed by atoms with Crippen LogP contribution in [-0.2, 0) is 4.79 Å². The van der Waals surface area contributed by atoms with E-state index in [0.717, 1.165) is 5.69 Å². The maximum Gasteiger partial charge on any atom is 0.308 e. The van der Waals surface area contributed by atoms with Gasteiger partial charge >= 0.3 is 5.97 Å². The number of benzene rings is 1. The van der Waals surface area contributed by atoms with Crippen LogP contribution < -0.4 is 4.74 Å². The van der Waals surface area contributed by atoms with Crippen molar-refractivity contribution in [3.63, 3.8) is 0 Å². The molecule has 1 aromatic heterocycles. The fourth-order valence-electron chi connectivity index (χ4n) is 1.72. The standard InChI is InChI=1S/C13H12FNO2/c1-7-8(2)15-11-6-4-5-10(14)12(11)13(7)17-9(3)16/h4-6H,1-3H3. The first-order chi connectivity index (χ1) is 8.00. The molecule has 0 spiro atoms. The SMILES string of the molecule is CC(=O)Oc1c(C)c(C)nc2cccc(F)c12. The zero-order valence-electron chi connectivity index (χ0n) is 9.87. The molecule has 0 N–H and O–H groups in total. The molecule has 0 radical (unpaired) electrons. The van der Waals surface area contributed by atoms with Crippen LogP contribution in [0.25, 0.3) is 10.9 Å². The number of esters is 1. The van der Waals surface area contributed by atoms with Crippen LogP contribution in [0.1, 0.15) is 18.2 Å². The number of hydrogen-bond acceptors (Lipinski definition) is 3. The van der Waals surface area contributed by atoms with E-state index in [2.05, 4.69) is 4.98 Å². The molecule has 0 saturated heterocycles. The average molecular weight is 233 g/mol. The Morgan fingerprint density at radius 1 is 1.35 bits per heavy atom. The predicted molar refractivity (Wildman–Crippen MR) is 62.5 cm³/mol. The molecular formula is C13H12FNO2. The van der Waals surface area contributed by atoms with Gasteiger partial charge in [-0.1, -0.05) is 6.07 Å². The molecule has 0 aliphatic heterocycles. The smallest absolute Gasteiger partial charge is 0.308 e. The number of fused-ring (bicyclic) bond motifs is 1. The molecule has 0 fully saturated rings. The van der Waals surface area contributed by atoms with Crippen molar-refractivity contribution >= 4 is 16.9 Å². The first-order valence-corrected chi connectivity index (χ1v) is 5.24. The molecule has 0 aliphatic carbocycles. The zero-order chi connectivity index (χ0) is 12.6. The molecular weight excluding hydrogens is 221 g/mol. The van der Waals surface area contributed by atoms with E-state index < -0.39 is 11.8 Å². The van der Waals surface area contributed by atoms with E-state index in [9.17, 15) is 9.18 Å². The lowest BCUT2D eigenvalue weighted by molar-refractivity contribution is -0.131. The highest BCUT2D eigenvalue weighted by Gasteiger charge is 2.15. The highest BCUT2D eigenvalue weighted by Crippen LogP contribution is 2.32. The van der Waals surface area contributed by atoms with E-state index in [0.29, 0.717) is 11.1 Å². The van der Waals surface area contributed by atoms with Gasteiger partial charge in [-0.2, -0.15) is 0 Å². The molecule has 2 aromatic rings. The second-order valence-electron chi connectivity index (χ2n) is 3.88. The van der Waals surface area contributed by atoms with E-state index in [1.165, 1.54) is 13.0 Å². The highest BCUT2D eigenvalue weighted by atomic mass is 19.1. The minimum atomic E-state index is -0.469. The molecule has 2 rings (SSSR count). The quantitative estimate of drug-likeness (QED) is 0.711. The minimum Gasteiger partial charge on any atom is -0.426 e. The number of carbonyl (C=O) groups excluding carboxylic acids is 1. The summed E-state index contributed by atoms with van der Waals surface area (Å²) in [7, 11) is 0. The van der Waals surface area contributed by atoms with Crippen molar-refractivity contribution in [2.45, 2.75) is 20.8 Å². The summed E-state index contributed by atoms with van der Waals surface area (Å²) in [5.74, 6) is -0.643. The summed E-state index contributed by atoms with van der Waals surface area (Å²) in [6, 6.07) is 4.60. The van der Waals surface area contributed by atoms with E-state index in [1.54, 1.807) is 26.0 Å². The number of aryl methyl sites for hydroxylation is 1. The van der Waals surface area contributed by atoms with Crippen molar-refractivity contribution < 1.29 is 13.9 Å². The number of halogens is 1. The normalized spacial score (nSPS) is 10.6. The molecule has 4 heteroatoms. The number of ether oxygens (including phenoxy) is 1. The predicted octanol–water partition coefficient (Wildman–Crippen LogP) is 2.92. The van der Waals surface area contributed by atoms with Crippen LogP contribution in [0.2, 0.25) is 0 Å². The van der Waals surface area contributed by atoms with Gasteiger partial charge in [-0.15, -0.1) is 0 Å². The third-order valence-electron chi connectivity index (χ3n) is 2.64. The molecule has 1 heterocycles. The Kier molecular flexibility index (Phi) is 2.79. The summed E-state index contributed by atoms with van der Waals surface area (Å²) in [6.07, 6.45) is 0. The van der Waals surface area contributed by atoms with Crippen molar-refractivity contribution in [2.24, 2.45) is 0 Å². The Morgan fingerprint density at radius 3 is 2.71 bits per heavy atom. The molecule has 0 bridgehead atoms. The van der Waals surface area contributed by atoms with Gasteiger partial charge in [0.25, 0.3) is 0 Å². The lowest BCUT2D eigenvalue weighted by Gasteiger charge is -2.11. The van der Waals surface area contributed by atoms with Crippen LogP contribution in [0.4, 0.5) is 4.39 Å². The summed E-state index contributed by atoms with van der Waals surface area (Å²) in [6.45, 7) is 4.85. The summed E-state index contributed by atoms with van der Waals surface area (Å²) in [4.78, 5) is 15.3. The Balaban J connectivity index is 2.84. The van der Waals surface area contributed by atoms with Crippen LogP contribution in [0, 0.1) is 19.7 Å². The third-order valence-corrected chi connectivity index (χ3v) is 2.64. The average Bonchev–Trinajstić information content (AvgIpc) is 2.24. The van der Waals surface area contributed by atoms with Gasteiger partial charge in [0, 0.05) is 18.2 Å². The maximum atomic E-state index is 13.8. The number of aromatic nitrogens is 1. The number of rotatable bonds is 1. The second-order valence-corrected chi connectivity index (χ2v) is 3.88. The lowest BCUT2D eigenvalue weighted by atomic mass is 10.1. The van der Waals surface area contributed by atoms with Crippen molar-refractivity contribution in [2.75, 3.05) is 0 Å². The monoisotopic (exact) mass is 233 g/mol. The van der Waals surface area contributed by atoms with E-state index in [-0.39, 0.29) is 11.1 Å². The van der Waals surface area contributed by atoms with Gasteiger partial charge in [0.2, 0.25) is 0 Å². The van der Waals surface area contributed by atoms with Crippen LogP contribution in [-0.4, -0.2) is 11.0 Å². The maximum absolute atomic E-state index is 13.8. The lowest BCUT2D eigenvalue weighted by Crippen LogP contribution is -2.06. The van der Waals surface area contributed by atoms with Gasteiger partial charge in [-0.05, 0) is 26.0 Å².